The number of ether oxygens (including phenoxy) is 1. The lowest BCUT2D eigenvalue weighted by molar-refractivity contribution is -0.161. The Balaban J connectivity index is 2.92. The van der Waals surface area contributed by atoms with Gasteiger partial charge in [-0.3, -0.25) is 4.79 Å². The van der Waals surface area contributed by atoms with Crippen LogP contribution in [0, 0.1) is 0 Å². The first kappa shape index (κ1) is 10.0. The van der Waals surface area contributed by atoms with Gasteiger partial charge in [0.1, 0.15) is 6.10 Å². The largest absolute Gasteiger partial charge is 0.483 e. The summed E-state index contributed by atoms with van der Waals surface area (Å²) in [5, 5.41) is 8.94. The minimum Gasteiger partial charge on any atom is -0.483 e. The van der Waals surface area contributed by atoms with Gasteiger partial charge in [0.05, 0.1) is 0 Å². The molecule has 0 aromatic carbocycles. The number of ketones is 1. The van der Waals surface area contributed by atoms with Crippen molar-refractivity contribution >= 4 is 5.78 Å². The third-order valence-corrected chi connectivity index (χ3v) is 1.60. The van der Waals surface area contributed by atoms with Gasteiger partial charge in [0.25, 0.3) is 0 Å². The summed E-state index contributed by atoms with van der Waals surface area (Å²) in [4.78, 5) is 10.8. The van der Waals surface area contributed by atoms with Crippen molar-refractivity contribution in [2.24, 2.45) is 0 Å². The maximum Gasteiger partial charge on any atom is 0.449 e. The highest BCUT2D eigenvalue weighted by molar-refractivity contribution is 5.95. The van der Waals surface area contributed by atoms with Gasteiger partial charge in [-0.25, -0.2) is 0 Å². The predicted molar refractivity (Wildman–Crippen MR) is 35.7 cm³/mol. The van der Waals surface area contributed by atoms with Gasteiger partial charge in [-0.15, -0.1) is 0 Å². The second kappa shape index (κ2) is 3.02. The smallest absolute Gasteiger partial charge is 0.449 e. The molecule has 3 nitrogen and oxygen atoms in total. The Bertz CT molecular complexity index is 256. The van der Waals surface area contributed by atoms with E-state index in [4.69, 9.17) is 5.11 Å². The van der Waals surface area contributed by atoms with E-state index in [2.05, 4.69) is 4.74 Å². The van der Waals surface area contributed by atoms with Crippen molar-refractivity contribution in [3.05, 3.63) is 11.8 Å². The van der Waals surface area contributed by atoms with Crippen LogP contribution in [0.25, 0.3) is 0 Å². The molecule has 2 atom stereocenters. The van der Waals surface area contributed by atoms with E-state index in [1.807, 2.05) is 0 Å². The Kier molecular flexibility index (Phi) is 2.34. The molecule has 0 radical (unpaired) electrons. The number of halogens is 3. The number of carbonyl (C=O) groups excluding carboxylic acids is 1. The molecule has 13 heavy (non-hydrogen) atoms. The number of carbonyl (C=O) groups is 1. The molecule has 1 aliphatic heterocycles. The van der Waals surface area contributed by atoms with Crippen LogP contribution in [0.3, 0.4) is 0 Å². The highest BCUT2D eigenvalue weighted by atomic mass is 19.4. The van der Waals surface area contributed by atoms with Crippen molar-refractivity contribution in [2.75, 3.05) is 0 Å². The second-order valence-corrected chi connectivity index (χ2v) is 2.68. The SMILES string of the molecule is CC1OC(C(F)(F)F)=CC(=O)C1O. The van der Waals surface area contributed by atoms with E-state index in [-0.39, 0.29) is 6.08 Å². The van der Waals surface area contributed by atoms with Crippen LogP contribution in [0.1, 0.15) is 6.92 Å². The van der Waals surface area contributed by atoms with Crippen LogP contribution >= 0.6 is 0 Å². The fourth-order valence-electron chi connectivity index (χ4n) is 0.893. The lowest BCUT2D eigenvalue weighted by atomic mass is 10.1. The van der Waals surface area contributed by atoms with E-state index in [0.717, 1.165) is 0 Å². The monoisotopic (exact) mass is 196 g/mol. The van der Waals surface area contributed by atoms with Gasteiger partial charge in [-0.05, 0) is 6.92 Å². The van der Waals surface area contributed by atoms with Crippen LogP contribution in [-0.2, 0) is 9.53 Å². The molecule has 0 aliphatic carbocycles. The maximum absolute atomic E-state index is 12.0. The van der Waals surface area contributed by atoms with Gasteiger partial charge in [0.2, 0.25) is 5.76 Å². The van der Waals surface area contributed by atoms with Crippen molar-refractivity contribution in [2.45, 2.75) is 25.3 Å². The first-order valence-corrected chi connectivity index (χ1v) is 3.50. The summed E-state index contributed by atoms with van der Waals surface area (Å²) in [6, 6.07) is 0. The molecule has 1 rings (SSSR count). The molecule has 1 N–H and O–H groups in total. The third-order valence-electron chi connectivity index (χ3n) is 1.60. The standard InChI is InChI=1S/C7H7F3O3/c1-3-6(12)4(11)2-5(13-3)7(8,9)10/h2-3,6,12H,1H3. The average molecular weight is 196 g/mol. The van der Waals surface area contributed by atoms with E-state index >= 15 is 0 Å². The average Bonchev–Trinajstić information content (AvgIpc) is 1.97. The minimum atomic E-state index is -4.68. The highest BCUT2D eigenvalue weighted by Crippen LogP contribution is 2.30. The van der Waals surface area contributed by atoms with Crippen LogP contribution in [0.2, 0.25) is 0 Å². The minimum absolute atomic E-state index is 0.269. The Labute approximate surface area is 71.8 Å². The van der Waals surface area contributed by atoms with E-state index in [1.54, 1.807) is 0 Å². The quantitative estimate of drug-likeness (QED) is 0.622. The Morgan fingerprint density at radius 1 is 1.54 bits per heavy atom. The Hall–Kier alpha value is -1.04. The molecule has 0 spiro atoms. The molecule has 0 aromatic rings. The summed E-state index contributed by atoms with van der Waals surface area (Å²) in [5.74, 6) is -2.33. The number of hydrogen-bond acceptors (Lipinski definition) is 3. The zero-order valence-corrected chi connectivity index (χ0v) is 6.63. The zero-order chi connectivity index (χ0) is 10.2. The van der Waals surface area contributed by atoms with Gasteiger partial charge in [0.15, 0.2) is 11.9 Å². The van der Waals surface area contributed by atoms with Crippen LogP contribution < -0.4 is 0 Å². The fraction of sp³-hybridized carbons (Fsp3) is 0.571. The molecular formula is C7H7F3O3. The number of alkyl halides is 3. The van der Waals surface area contributed by atoms with Crippen LogP contribution in [0.5, 0.6) is 0 Å². The van der Waals surface area contributed by atoms with Crippen molar-refractivity contribution in [1.29, 1.82) is 0 Å². The van der Waals surface area contributed by atoms with E-state index < -0.39 is 29.9 Å². The summed E-state index contributed by atoms with van der Waals surface area (Å²) < 4.78 is 40.3. The van der Waals surface area contributed by atoms with Crippen molar-refractivity contribution in [3.63, 3.8) is 0 Å². The topological polar surface area (TPSA) is 46.5 Å². The molecule has 0 saturated carbocycles. The van der Waals surface area contributed by atoms with Crippen LogP contribution in [0.4, 0.5) is 13.2 Å². The predicted octanol–water partition coefficient (Wildman–Crippen LogP) is 0.781. The molecule has 0 bridgehead atoms. The summed E-state index contributed by atoms with van der Waals surface area (Å²) >= 11 is 0. The number of allylic oxidation sites excluding steroid dienone is 1. The van der Waals surface area contributed by atoms with Crippen molar-refractivity contribution < 1.29 is 27.8 Å². The van der Waals surface area contributed by atoms with Crippen molar-refractivity contribution in [1.82, 2.24) is 0 Å². The molecule has 6 heteroatoms. The number of aliphatic hydroxyl groups is 1. The van der Waals surface area contributed by atoms with Crippen LogP contribution in [0.15, 0.2) is 11.8 Å². The lowest BCUT2D eigenvalue weighted by Crippen LogP contribution is -2.39. The highest BCUT2D eigenvalue weighted by Gasteiger charge is 2.42. The van der Waals surface area contributed by atoms with Gasteiger partial charge in [0, 0.05) is 6.08 Å². The first-order chi connectivity index (χ1) is 5.82. The van der Waals surface area contributed by atoms with E-state index in [9.17, 15) is 18.0 Å². The summed E-state index contributed by atoms with van der Waals surface area (Å²) in [6.45, 7) is 1.20. The normalized spacial score (nSPS) is 29.6. The van der Waals surface area contributed by atoms with E-state index in [0.29, 0.717) is 0 Å². The third kappa shape index (κ3) is 2.00. The summed E-state index contributed by atoms with van der Waals surface area (Å²) in [7, 11) is 0. The molecular weight excluding hydrogens is 189 g/mol. The number of hydrogen-bond donors (Lipinski definition) is 1. The molecule has 1 aliphatic rings. The summed E-state index contributed by atoms with van der Waals surface area (Å²) in [5.41, 5.74) is 0. The summed E-state index contributed by atoms with van der Waals surface area (Å²) in [6.07, 6.45) is -7.07. The second-order valence-electron chi connectivity index (χ2n) is 2.68. The molecule has 0 fully saturated rings. The number of aliphatic hydroxyl groups excluding tert-OH is 1. The molecule has 0 amide bonds. The first-order valence-electron chi connectivity index (χ1n) is 3.50. The van der Waals surface area contributed by atoms with Gasteiger partial charge < -0.3 is 9.84 Å². The van der Waals surface area contributed by atoms with Gasteiger partial charge in [-0.1, -0.05) is 0 Å². The zero-order valence-electron chi connectivity index (χ0n) is 6.63. The molecule has 2 unspecified atom stereocenters. The maximum atomic E-state index is 12.0. The van der Waals surface area contributed by atoms with Gasteiger partial charge in [-0.2, -0.15) is 13.2 Å². The number of rotatable bonds is 0. The molecule has 0 saturated heterocycles. The lowest BCUT2D eigenvalue weighted by Gasteiger charge is -2.25. The van der Waals surface area contributed by atoms with Crippen molar-refractivity contribution in [3.8, 4) is 0 Å². The van der Waals surface area contributed by atoms with E-state index in [1.165, 1.54) is 6.92 Å². The molecule has 1 heterocycles. The van der Waals surface area contributed by atoms with Gasteiger partial charge >= 0.3 is 6.18 Å². The molecule has 0 aromatic heterocycles. The fourth-order valence-corrected chi connectivity index (χ4v) is 0.893. The molecule has 74 valence electrons. The van der Waals surface area contributed by atoms with Crippen LogP contribution in [-0.4, -0.2) is 29.3 Å². The Morgan fingerprint density at radius 2 is 2.08 bits per heavy atom. The Morgan fingerprint density at radius 3 is 2.46 bits per heavy atom.